The molecule has 3 unspecified atom stereocenters. The van der Waals surface area contributed by atoms with E-state index in [-0.39, 0.29) is 25.7 Å². The number of allylic oxidation sites excluding steroid dienone is 5. The normalized spacial score (nSPS) is 15.1. The average molecular weight is 601 g/mol. The van der Waals surface area contributed by atoms with Crippen molar-refractivity contribution >= 4 is 13.7 Å². The molecule has 1 amide bonds. The second-order valence-corrected chi connectivity index (χ2v) is 12.1. The first-order valence-electron chi connectivity index (χ1n) is 16.1. The molecule has 240 valence electrons. The number of nitrogens with one attached hydrogen (secondary N) is 1. The molecule has 0 aromatic carbocycles. The second-order valence-electron chi connectivity index (χ2n) is 10.7. The highest BCUT2D eigenvalue weighted by molar-refractivity contribution is 7.47. The minimum absolute atomic E-state index is 0.0718. The lowest BCUT2D eigenvalue weighted by atomic mass is 10.1. The van der Waals surface area contributed by atoms with Gasteiger partial charge in [0.05, 0.1) is 25.4 Å². The molecule has 0 rings (SSSR count). The number of nitrogens with two attached hydrogens (primary N) is 1. The van der Waals surface area contributed by atoms with Crippen molar-refractivity contribution < 1.29 is 28.4 Å². The fraction of sp³-hybridized carbons (Fsp3) is 0.781. The quantitative estimate of drug-likeness (QED) is 0.0394. The smallest absolute Gasteiger partial charge is 0.387 e. The van der Waals surface area contributed by atoms with E-state index in [0.29, 0.717) is 6.42 Å². The van der Waals surface area contributed by atoms with Crippen LogP contribution in [0.4, 0.5) is 0 Å². The first-order valence-corrected chi connectivity index (χ1v) is 17.6. The Hall–Kier alpha value is -1.28. The van der Waals surface area contributed by atoms with Gasteiger partial charge in [-0.2, -0.15) is 0 Å². The number of rotatable bonds is 29. The van der Waals surface area contributed by atoms with Gasteiger partial charge in [-0.25, -0.2) is 4.57 Å². The van der Waals surface area contributed by atoms with Crippen molar-refractivity contribution in [1.82, 2.24) is 5.32 Å². The zero-order valence-electron chi connectivity index (χ0n) is 26.0. The first-order chi connectivity index (χ1) is 19.9. The molecule has 9 heteroatoms. The van der Waals surface area contributed by atoms with E-state index in [1.165, 1.54) is 57.8 Å². The Balaban J connectivity index is 4.53. The summed E-state index contributed by atoms with van der Waals surface area (Å²) in [4.78, 5) is 22.4. The van der Waals surface area contributed by atoms with Gasteiger partial charge >= 0.3 is 7.82 Å². The van der Waals surface area contributed by atoms with Crippen LogP contribution in [0.25, 0.3) is 0 Å². The Labute approximate surface area is 250 Å². The van der Waals surface area contributed by atoms with Crippen molar-refractivity contribution in [2.45, 2.75) is 142 Å². The number of aliphatic hydroxyl groups excluding tert-OH is 1. The molecule has 0 bridgehead atoms. The lowest BCUT2D eigenvalue weighted by molar-refractivity contribution is -0.123. The lowest BCUT2D eigenvalue weighted by Gasteiger charge is -2.23. The molecule has 0 heterocycles. The van der Waals surface area contributed by atoms with Crippen molar-refractivity contribution in [3.63, 3.8) is 0 Å². The summed E-state index contributed by atoms with van der Waals surface area (Å²) in [6.45, 7) is 4.00. The minimum atomic E-state index is -4.33. The molecule has 5 N–H and O–H groups in total. The van der Waals surface area contributed by atoms with Crippen LogP contribution < -0.4 is 11.1 Å². The van der Waals surface area contributed by atoms with Gasteiger partial charge in [0.15, 0.2) is 0 Å². The number of phosphoric acid groups is 1. The third-order valence-corrected chi connectivity index (χ3v) is 7.68. The molecule has 0 radical (unpaired) electrons. The molecule has 0 saturated heterocycles. The summed E-state index contributed by atoms with van der Waals surface area (Å²) < 4.78 is 21.9. The third-order valence-electron chi connectivity index (χ3n) is 6.70. The molecule has 0 spiro atoms. The summed E-state index contributed by atoms with van der Waals surface area (Å²) in [5, 5.41) is 13.5. The van der Waals surface area contributed by atoms with Crippen molar-refractivity contribution in [1.29, 1.82) is 0 Å². The van der Waals surface area contributed by atoms with Gasteiger partial charge in [-0.05, 0) is 38.5 Å². The van der Waals surface area contributed by atoms with E-state index in [2.05, 4.69) is 43.5 Å². The van der Waals surface area contributed by atoms with E-state index < -0.39 is 20.0 Å². The summed E-state index contributed by atoms with van der Waals surface area (Å²) in [6.07, 6.45) is 30.5. The van der Waals surface area contributed by atoms with Gasteiger partial charge in [0, 0.05) is 13.0 Å². The van der Waals surface area contributed by atoms with Crippen LogP contribution in [0.1, 0.15) is 129 Å². The van der Waals surface area contributed by atoms with Crippen LogP contribution in [0.15, 0.2) is 36.5 Å². The van der Waals surface area contributed by atoms with E-state index in [9.17, 15) is 19.4 Å². The number of carbonyl (C=O) groups excluding carboxylic acids is 1. The number of amides is 1. The number of hydrogen-bond acceptors (Lipinski definition) is 6. The summed E-state index contributed by atoms with van der Waals surface area (Å²) in [6, 6.07) is -0.876. The van der Waals surface area contributed by atoms with Crippen LogP contribution in [0.2, 0.25) is 0 Å². The highest BCUT2D eigenvalue weighted by atomic mass is 31.2. The highest BCUT2D eigenvalue weighted by Gasteiger charge is 2.26. The van der Waals surface area contributed by atoms with Crippen LogP contribution in [0, 0.1) is 0 Å². The van der Waals surface area contributed by atoms with Crippen molar-refractivity contribution in [3.8, 4) is 0 Å². The van der Waals surface area contributed by atoms with E-state index in [4.69, 9.17) is 14.8 Å². The fourth-order valence-corrected chi connectivity index (χ4v) is 4.97. The van der Waals surface area contributed by atoms with Crippen LogP contribution in [-0.2, 0) is 18.4 Å². The number of carbonyl (C=O) groups is 1. The SMILES string of the molecule is CCCC/C=C/CC/C=C/CC/C=C/C(O)C(COP(=O)(O)OCCN)NC(=O)CCCCCCCCCCCC. The fourth-order valence-electron chi connectivity index (χ4n) is 4.21. The van der Waals surface area contributed by atoms with E-state index in [1.54, 1.807) is 6.08 Å². The maximum atomic E-state index is 12.6. The van der Waals surface area contributed by atoms with Gasteiger partial charge in [0.2, 0.25) is 5.91 Å². The molecular weight excluding hydrogens is 539 g/mol. The standard InChI is InChI=1S/C32H61N2O6P/c1-3-5-7-9-11-13-15-16-17-19-21-23-25-31(35)30(29-40-41(37,38)39-28-27-33)34-32(36)26-24-22-20-18-14-12-10-8-6-4-2/h9,11,16-17,23,25,30-31,35H,3-8,10,12-15,18-22,24,26-29,33H2,1-2H3,(H,34,36)(H,37,38)/b11-9+,17-16+,25-23+. The molecule has 3 atom stereocenters. The van der Waals surface area contributed by atoms with E-state index >= 15 is 0 Å². The minimum Gasteiger partial charge on any atom is -0.387 e. The Morgan fingerprint density at radius 1 is 0.780 bits per heavy atom. The summed E-state index contributed by atoms with van der Waals surface area (Å²) in [5.41, 5.74) is 5.32. The average Bonchev–Trinajstić information content (AvgIpc) is 2.95. The van der Waals surface area contributed by atoms with Gasteiger partial charge in [0.25, 0.3) is 0 Å². The highest BCUT2D eigenvalue weighted by Crippen LogP contribution is 2.43. The summed E-state index contributed by atoms with van der Waals surface area (Å²) in [7, 11) is -4.33. The molecule has 0 fully saturated rings. The Bertz CT molecular complexity index is 744. The number of unbranched alkanes of at least 4 members (excludes halogenated alkanes) is 13. The van der Waals surface area contributed by atoms with E-state index in [1.807, 2.05) is 6.08 Å². The maximum absolute atomic E-state index is 12.6. The van der Waals surface area contributed by atoms with Crippen molar-refractivity contribution in [2.24, 2.45) is 5.73 Å². The van der Waals surface area contributed by atoms with Gasteiger partial charge in [-0.15, -0.1) is 0 Å². The molecule has 0 aliphatic carbocycles. The van der Waals surface area contributed by atoms with Gasteiger partial charge in [-0.3, -0.25) is 13.8 Å². The Morgan fingerprint density at radius 3 is 1.85 bits per heavy atom. The van der Waals surface area contributed by atoms with Gasteiger partial charge in [0.1, 0.15) is 0 Å². The predicted molar refractivity (Wildman–Crippen MR) is 171 cm³/mol. The first kappa shape index (κ1) is 39.7. The molecule has 0 saturated carbocycles. The molecule has 41 heavy (non-hydrogen) atoms. The zero-order chi connectivity index (χ0) is 30.4. The largest absolute Gasteiger partial charge is 0.472 e. The Kier molecular flexibility index (Phi) is 27.9. The lowest BCUT2D eigenvalue weighted by Crippen LogP contribution is -2.45. The molecule has 8 nitrogen and oxygen atoms in total. The summed E-state index contributed by atoms with van der Waals surface area (Å²) >= 11 is 0. The summed E-state index contributed by atoms with van der Waals surface area (Å²) in [5.74, 6) is -0.215. The molecule has 0 aliphatic heterocycles. The van der Waals surface area contributed by atoms with Crippen LogP contribution >= 0.6 is 7.82 Å². The molecule has 0 aromatic heterocycles. The predicted octanol–water partition coefficient (Wildman–Crippen LogP) is 7.65. The molecule has 0 aliphatic rings. The molecular formula is C32H61N2O6P. The third kappa shape index (κ3) is 27.3. The van der Waals surface area contributed by atoms with Crippen molar-refractivity contribution in [3.05, 3.63) is 36.5 Å². The second kappa shape index (κ2) is 28.8. The number of aliphatic hydroxyl groups is 1. The maximum Gasteiger partial charge on any atom is 0.472 e. The van der Waals surface area contributed by atoms with Crippen molar-refractivity contribution in [2.75, 3.05) is 19.8 Å². The Morgan fingerprint density at radius 2 is 1.29 bits per heavy atom. The number of phosphoric ester groups is 1. The topological polar surface area (TPSA) is 131 Å². The van der Waals surface area contributed by atoms with Gasteiger partial charge < -0.3 is 21.1 Å². The van der Waals surface area contributed by atoms with Gasteiger partial charge in [-0.1, -0.05) is 121 Å². The molecule has 0 aromatic rings. The van der Waals surface area contributed by atoms with E-state index in [0.717, 1.165) is 51.4 Å². The van der Waals surface area contributed by atoms with Crippen LogP contribution in [0.3, 0.4) is 0 Å². The zero-order valence-corrected chi connectivity index (χ0v) is 26.9. The number of hydrogen-bond donors (Lipinski definition) is 4. The van der Waals surface area contributed by atoms with Crippen LogP contribution in [0.5, 0.6) is 0 Å². The monoisotopic (exact) mass is 600 g/mol. The van der Waals surface area contributed by atoms with Crippen LogP contribution in [-0.4, -0.2) is 47.8 Å².